The number of allylic oxidation sites excluding steroid dienone is 1. The van der Waals surface area contributed by atoms with E-state index in [0.29, 0.717) is 0 Å². The van der Waals surface area contributed by atoms with Gasteiger partial charge in [-0.05, 0) is 64.7 Å². The van der Waals surface area contributed by atoms with E-state index in [0.717, 1.165) is 56.9 Å². The summed E-state index contributed by atoms with van der Waals surface area (Å²) >= 11 is 0. The minimum absolute atomic E-state index is 0.00189. The molecule has 2 heterocycles. The number of carbonyl (C=O) groups excluding carboxylic acids is 1. The van der Waals surface area contributed by atoms with Gasteiger partial charge in [0.2, 0.25) is 0 Å². The normalized spacial score (nSPS) is 32.4. The van der Waals surface area contributed by atoms with Crippen LogP contribution in [0.15, 0.2) is 12.2 Å². The van der Waals surface area contributed by atoms with Gasteiger partial charge < -0.3 is 19.3 Å². The summed E-state index contributed by atoms with van der Waals surface area (Å²) in [5.41, 5.74) is 0.00507. The first-order valence-corrected chi connectivity index (χ1v) is 11.4. The number of carboxylic acids is 1. The van der Waals surface area contributed by atoms with Gasteiger partial charge in [-0.25, -0.2) is 0 Å². The molecular weight excluding hydrogens is 384 g/mol. The summed E-state index contributed by atoms with van der Waals surface area (Å²) in [5, 5.41) is 9.34. The summed E-state index contributed by atoms with van der Waals surface area (Å²) in [5.74, 6) is -0.824. The fourth-order valence-corrected chi connectivity index (χ4v) is 5.15. The van der Waals surface area contributed by atoms with Gasteiger partial charge in [0.25, 0.3) is 0 Å². The van der Waals surface area contributed by atoms with Gasteiger partial charge in [-0.2, -0.15) is 0 Å². The number of ether oxygens (including phenoxy) is 3. The largest absolute Gasteiger partial charge is 0.481 e. The van der Waals surface area contributed by atoms with Gasteiger partial charge in [-0.3, -0.25) is 9.59 Å². The molecule has 2 rings (SSSR count). The predicted molar refractivity (Wildman–Crippen MR) is 115 cm³/mol. The molecule has 0 amide bonds. The molecule has 0 aromatic carbocycles. The van der Waals surface area contributed by atoms with Crippen molar-refractivity contribution in [2.75, 3.05) is 0 Å². The molecule has 0 spiro atoms. The van der Waals surface area contributed by atoms with Crippen molar-refractivity contribution in [1.29, 1.82) is 0 Å². The lowest BCUT2D eigenvalue weighted by Crippen LogP contribution is -2.58. The van der Waals surface area contributed by atoms with E-state index in [2.05, 4.69) is 20.4 Å². The van der Waals surface area contributed by atoms with E-state index in [1.54, 1.807) is 0 Å². The van der Waals surface area contributed by atoms with Crippen LogP contribution in [0.1, 0.15) is 92.4 Å². The summed E-state index contributed by atoms with van der Waals surface area (Å²) in [6.07, 6.45) is 6.30. The highest BCUT2D eigenvalue weighted by atomic mass is 16.6. The molecule has 2 saturated heterocycles. The standard InChI is InChI=1S/C24H40O6/c1-7-20-24(15-22(26)27)14-12-21(30-24)23(6,29-20)13-8-9-17(4)19(28-18(5)25)11-10-16(2)3/h17,19-21H,2,7-15H2,1,3-6H3,(H,26,27). The van der Waals surface area contributed by atoms with E-state index < -0.39 is 17.2 Å². The highest BCUT2D eigenvalue weighted by Gasteiger charge is 2.58. The Morgan fingerprint density at radius 2 is 1.97 bits per heavy atom. The first-order chi connectivity index (χ1) is 14.0. The number of hydrogen-bond donors (Lipinski definition) is 1. The maximum absolute atomic E-state index is 11.5. The molecular formula is C24H40O6. The Morgan fingerprint density at radius 1 is 1.27 bits per heavy atom. The van der Waals surface area contributed by atoms with Crippen LogP contribution in [0, 0.1) is 5.92 Å². The molecule has 2 fully saturated rings. The van der Waals surface area contributed by atoms with E-state index in [4.69, 9.17) is 14.2 Å². The van der Waals surface area contributed by atoms with Crippen molar-refractivity contribution in [3.05, 3.63) is 12.2 Å². The Bertz CT molecular complexity index is 631. The third-order valence-corrected chi connectivity index (χ3v) is 6.85. The van der Waals surface area contributed by atoms with Gasteiger partial charge in [-0.1, -0.05) is 25.8 Å². The second-order valence-corrected chi connectivity index (χ2v) is 9.62. The molecule has 2 bridgehead atoms. The Morgan fingerprint density at radius 3 is 2.53 bits per heavy atom. The molecule has 6 heteroatoms. The molecule has 2 aliphatic rings. The topological polar surface area (TPSA) is 82.1 Å². The Hall–Kier alpha value is -1.40. The lowest BCUT2D eigenvalue weighted by atomic mass is 9.86. The number of rotatable bonds is 12. The van der Waals surface area contributed by atoms with Crippen molar-refractivity contribution in [3.8, 4) is 0 Å². The number of carboxylic acid groups (broad SMARTS) is 1. The average Bonchev–Trinajstić information content (AvgIpc) is 3.03. The van der Waals surface area contributed by atoms with Crippen LogP contribution in [-0.2, 0) is 23.8 Å². The zero-order chi connectivity index (χ0) is 22.5. The number of aliphatic carboxylic acids is 1. The molecule has 0 radical (unpaired) electrons. The molecule has 0 aromatic rings. The van der Waals surface area contributed by atoms with Crippen LogP contribution in [0.25, 0.3) is 0 Å². The summed E-state index contributed by atoms with van der Waals surface area (Å²) < 4.78 is 18.4. The fourth-order valence-electron chi connectivity index (χ4n) is 5.15. The van der Waals surface area contributed by atoms with E-state index >= 15 is 0 Å². The van der Waals surface area contributed by atoms with Gasteiger partial charge in [0, 0.05) is 6.92 Å². The molecule has 0 aromatic heterocycles. The summed E-state index contributed by atoms with van der Waals surface area (Å²) in [6.45, 7) is 13.7. The first-order valence-electron chi connectivity index (χ1n) is 11.4. The minimum atomic E-state index is -0.832. The van der Waals surface area contributed by atoms with E-state index in [9.17, 15) is 14.7 Å². The summed E-state index contributed by atoms with van der Waals surface area (Å²) in [4.78, 5) is 22.9. The minimum Gasteiger partial charge on any atom is -0.481 e. The maximum atomic E-state index is 11.5. The predicted octanol–water partition coefficient (Wildman–Crippen LogP) is 5.04. The molecule has 172 valence electrons. The molecule has 30 heavy (non-hydrogen) atoms. The Labute approximate surface area is 181 Å². The third kappa shape index (κ3) is 6.07. The quantitative estimate of drug-likeness (QED) is 0.349. The Balaban J connectivity index is 1.95. The molecule has 2 aliphatic heterocycles. The van der Waals surface area contributed by atoms with Crippen LogP contribution in [0.5, 0.6) is 0 Å². The average molecular weight is 425 g/mol. The molecule has 0 aliphatic carbocycles. The van der Waals surface area contributed by atoms with E-state index in [1.807, 2.05) is 13.8 Å². The monoisotopic (exact) mass is 424 g/mol. The van der Waals surface area contributed by atoms with Crippen molar-refractivity contribution >= 4 is 11.9 Å². The van der Waals surface area contributed by atoms with Gasteiger partial charge in [0.15, 0.2) is 0 Å². The van der Waals surface area contributed by atoms with Crippen molar-refractivity contribution in [3.63, 3.8) is 0 Å². The van der Waals surface area contributed by atoms with Gasteiger partial charge >= 0.3 is 11.9 Å². The lowest BCUT2D eigenvalue weighted by Gasteiger charge is -2.49. The van der Waals surface area contributed by atoms with Gasteiger partial charge in [-0.15, -0.1) is 6.58 Å². The van der Waals surface area contributed by atoms with E-state index in [-0.39, 0.29) is 36.6 Å². The summed E-state index contributed by atoms with van der Waals surface area (Å²) in [7, 11) is 0. The van der Waals surface area contributed by atoms with Crippen molar-refractivity contribution in [2.24, 2.45) is 5.92 Å². The maximum Gasteiger partial charge on any atom is 0.306 e. The highest BCUT2D eigenvalue weighted by Crippen LogP contribution is 2.50. The van der Waals surface area contributed by atoms with E-state index in [1.165, 1.54) is 6.92 Å². The van der Waals surface area contributed by atoms with Crippen LogP contribution < -0.4 is 0 Å². The fraction of sp³-hybridized carbons (Fsp3) is 0.833. The van der Waals surface area contributed by atoms with Crippen molar-refractivity contribution in [1.82, 2.24) is 0 Å². The molecule has 6 nitrogen and oxygen atoms in total. The molecule has 0 saturated carbocycles. The van der Waals surface area contributed by atoms with Gasteiger partial charge in [0.05, 0.1) is 24.2 Å². The SMILES string of the molecule is C=C(C)CCC(OC(C)=O)C(C)CCCC1(C)OC(CC)C2(CC(=O)O)CCC1O2. The smallest absolute Gasteiger partial charge is 0.306 e. The van der Waals surface area contributed by atoms with Crippen LogP contribution in [-0.4, -0.2) is 46.6 Å². The first kappa shape index (κ1) is 24.9. The zero-order valence-corrected chi connectivity index (χ0v) is 19.4. The van der Waals surface area contributed by atoms with Crippen molar-refractivity contribution < 1.29 is 28.9 Å². The molecule has 6 atom stereocenters. The number of carbonyl (C=O) groups is 2. The number of esters is 1. The van der Waals surface area contributed by atoms with Crippen LogP contribution in [0.4, 0.5) is 0 Å². The van der Waals surface area contributed by atoms with Crippen LogP contribution in [0.3, 0.4) is 0 Å². The molecule has 6 unspecified atom stereocenters. The lowest BCUT2D eigenvalue weighted by molar-refractivity contribution is -0.280. The molecule has 1 N–H and O–H groups in total. The van der Waals surface area contributed by atoms with Crippen molar-refractivity contribution in [2.45, 2.75) is 122 Å². The van der Waals surface area contributed by atoms with Gasteiger partial charge in [0.1, 0.15) is 11.7 Å². The third-order valence-electron chi connectivity index (χ3n) is 6.85. The second kappa shape index (κ2) is 10.3. The Kier molecular flexibility index (Phi) is 8.51. The highest BCUT2D eigenvalue weighted by molar-refractivity contribution is 5.68. The zero-order valence-electron chi connectivity index (χ0n) is 19.4. The van der Waals surface area contributed by atoms with Crippen LogP contribution >= 0.6 is 0 Å². The number of hydrogen-bond acceptors (Lipinski definition) is 5. The second-order valence-electron chi connectivity index (χ2n) is 9.62. The number of fused-ring (bicyclic) bond motifs is 2. The summed E-state index contributed by atoms with van der Waals surface area (Å²) in [6, 6.07) is 0. The van der Waals surface area contributed by atoms with Crippen LogP contribution in [0.2, 0.25) is 0 Å².